The number of amides is 3. The summed E-state index contributed by atoms with van der Waals surface area (Å²) in [5.74, 6) is -2.23. The van der Waals surface area contributed by atoms with E-state index in [1.54, 1.807) is 18.9 Å². The first-order valence-corrected chi connectivity index (χ1v) is 12.6. The van der Waals surface area contributed by atoms with Gasteiger partial charge in [0, 0.05) is 47.3 Å². The average Bonchev–Trinajstić information content (AvgIpc) is 3.28. The molecule has 0 saturated carbocycles. The zero-order chi connectivity index (χ0) is 24.9. The van der Waals surface area contributed by atoms with E-state index in [2.05, 4.69) is 16.0 Å². The van der Waals surface area contributed by atoms with Gasteiger partial charge >= 0.3 is 5.97 Å². The Kier molecular flexibility index (Phi) is 6.71. The topological polar surface area (TPSA) is 157 Å². The molecule has 34 heavy (non-hydrogen) atoms. The minimum atomic E-state index is -1.13. The first-order valence-electron chi connectivity index (χ1n) is 11.7. The molecular weight excluding hydrogens is 460 g/mol. The summed E-state index contributed by atoms with van der Waals surface area (Å²) >= 11 is 1.45. The number of nitrogens with zero attached hydrogens (tertiary/aromatic N) is 2. The number of likely N-dealkylation sites (tertiary alicyclic amines) is 1. The molecule has 4 aliphatic rings. The van der Waals surface area contributed by atoms with Crippen molar-refractivity contribution < 1.29 is 24.3 Å². The summed E-state index contributed by atoms with van der Waals surface area (Å²) in [6, 6.07) is -1.02. The standard InChI is InChI=1S/C22H34N6O5S/c1-10-16-15(11(2)26-14(29)7-24-4)20(31)28(16)17(21(32)33)18(10)34-12-5-13(25-6-12)19(30)27-8-22(3,23)9-27/h10-13,15-16,24-25H,5-9,23H2,1-4H3,(H,26,29)(H,32,33)/t10-,11?,12+,13+,15-,16-/m1/s1. The van der Waals surface area contributed by atoms with Gasteiger partial charge in [-0.3, -0.25) is 14.4 Å². The Morgan fingerprint density at radius 1 is 1.35 bits per heavy atom. The molecule has 0 aromatic carbocycles. The highest BCUT2D eigenvalue weighted by Crippen LogP contribution is 2.51. The molecule has 4 rings (SSSR count). The Bertz CT molecular complexity index is 931. The fraction of sp³-hybridized carbons (Fsp3) is 0.727. The number of aliphatic carboxylic acids is 1. The third-order valence-electron chi connectivity index (χ3n) is 7.15. The number of hydrogen-bond acceptors (Lipinski definition) is 8. The molecule has 6 atom stereocenters. The van der Waals surface area contributed by atoms with Crippen molar-refractivity contribution in [3.8, 4) is 0 Å². The van der Waals surface area contributed by atoms with Crippen LogP contribution in [0, 0.1) is 11.8 Å². The van der Waals surface area contributed by atoms with Crippen LogP contribution in [0.25, 0.3) is 0 Å². The third-order valence-corrected chi connectivity index (χ3v) is 8.67. The van der Waals surface area contributed by atoms with Gasteiger partial charge in [0.15, 0.2) is 0 Å². The van der Waals surface area contributed by atoms with Crippen LogP contribution in [0.15, 0.2) is 10.6 Å². The lowest BCUT2D eigenvalue weighted by atomic mass is 9.78. The van der Waals surface area contributed by atoms with Crippen LogP contribution in [0.3, 0.4) is 0 Å². The van der Waals surface area contributed by atoms with E-state index in [0.29, 0.717) is 31.0 Å². The summed E-state index contributed by atoms with van der Waals surface area (Å²) in [6.07, 6.45) is 0.586. The molecule has 6 N–H and O–H groups in total. The highest BCUT2D eigenvalue weighted by molar-refractivity contribution is 8.03. The van der Waals surface area contributed by atoms with Crippen LogP contribution in [-0.4, -0.2) is 101 Å². The number of nitrogens with two attached hydrogens (primary N) is 1. The number of carbonyl (C=O) groups excluding carboxylic acids is 3. The van der Waals surface area contributed by atoms with Crippen LogP contribution in [0.4, 0.5) is 0 Å². The Labute approximate surface area is 203 Å². The number of carboxylic acid groups (broad SMARTS) is 1. The second-order valence-corrected chi connectivity index (χ2v) is 11.5. The molecule has 3 fully saturated rings. The molecule has 4 aliphatic heterocycles. The monoisotopic (exact) mass is 494 g/mol. The van der Waals surface area contributed by atoms with Gasteiger partial charge < -0.3 is 36.6 Å². The molecule has 0 aromatic rings. The van der Waals surface area contributed by atoms with E-state index in [9.17, 15) is 24.3 Å². The predicted molar refractivity (Wildman–Crippen MR) is 126 cm³/mol. The normalized spacial score (nSPS) is 32.7. The Morgan fingerprint density at radius 3 is 2.62 bits per heavy atom. The van der Waals surface area contributed by atoms with E-state index in [1.807, 2.05) is 13.8 Å². The predicted octanol–water partition coefficient (Wildman–Crippen LogP) is -1.49. The number of nitrogens with one attached hydrogen (secondary N) is 3. The highest BCUT2D eigenvalue weighted by Gasteiger charge is 2.60. The molecule has 0 aliphatic carbocycles. The zero-order valence-corrected chi connectivity index (χ0v) is 20.8. The van der Waals surface area contributed by atoms with Crippen molar-refractivity contribution in [2.45, 2.75) is 56.1 Å². The van der Waals surface area contributed by atoms with Crippen LogP contribution in [0.2, 0.25) is 0 Å². The number of β-lactam (4-membered cyclic amide) rings is 1. The van der Waals surface area contributed by atoms with Gasteiger partial charge in [-0.15, -0.1) is 11.8 Å². The van der Waals surface area contributed by atoms with E-state index >= 15 is 0 Å². The highest BCUT2D eigenvalue weighted by atomic mass is 32.2. The molecule has 3 amide bonds. The third kappa shape index (κ3) is 4.32. The quantitative estimate of drug-likeness (QED) is 0.254. The van der Waals surface area contributed by atoms with E-state index in [0.717, 1.165) is 0 Å². The number of fused-ring (bicyclic) bond motifs is 1. The molecule has 0 radical (unpaired) electrons. The molecule has 12 heteroatoms. The number of likely N-dealkylation sites (N-methyl/N-ethyl adjacent to an activating group) is 1. The molecule has 0 bridgehead atoms. The summed E-state index contributed by atoms with van der Waals surface area (Å²) in [5, 5.41) is 18.8. The van der Waals surface area contributed by atoms with Crippen molar-refractivity contribution in [2.75, 3.05) is 33.2 Å². The smallest absolute Gasteiger partial charge is 0.353 e. The summed E-state index contributed by atoms with van der Waals surface area (Å²) in [5.41, 5.74) is 5.73. The number of hydrogen-bond donors (Lipinski definition) is 5. The largest absolute Gasteiger partial charge is 0.477 e. The van der Waals surface area contributed by atoms with Crippen molar-refractivity contribution >= 4 is 35.5 Å². The van der Waals surface area contributed by atoms with Crippen molar-refractivity contribution in [1.82, 2.24) is 25.8 Å². The number of thioether (sulfide) groups is 1. The SMILES string of the molecule is CNCC(=O)NC(C)[C@H]1C(=O)N2C(C(=O)O)=C(S[C@@H]3CN[C@H](C(=O)N4CC(C)(N)C4)C3)[C@H](C)[C@H]12. The van der Waals surface area contributed by atoms with Gasteiger partial charge in [-0.2, -0.15) is 0 Å². The average molecular weight is 495 g/mol. The van der Waals surface area contributed by atoms with Gasteiger partial charge in [0.1, 0.15) is 5.70 Å². The first kappa shape index (κ1) is 25.0. The minimum Gasteiger partial charge on any atom is -0.477 e. The van der Waals surface area contributed by atoms with Gasteiger partial charge in [-0.1, -0.05) is 6.92 Å². The van der Waals surface area contributed by atoms with Gasteiger partial charge in [0.2, 0.25) is 17.7 Å². The number of carboxylic acids is 1. The Hall–Kier alpha value is -2.15. The van der Waals surface area contributed by atoms with Crippen molar-refractivity contribution in [1.29, 1.82) is 0 Å². The first-order chi connectivity index (χ1) is 15.9. The lowest BCUT2D eigenvalue weighted by molar-refractivity contribution is -0.158. The fourth-order valence-electron chi connectivity index (χ4n) is 5.61. The maximum Gasteiger partial charge on any atom is 0.353 e. The van der Waals surface area contributed by atoms with Crippen molar-refractivity contribution in [3.63, 3.8) is 0 Å². The van der Waals surface area contributed by atoms with Crippen LogP contribution in [-0.2, 0) is 19.2 Å². The van der Waals surface area contributed by atoms with E-state index < -0.39 is 17.9 Å². The van der Waals surface area contributed by atoms with Crippen molar-refractivity contribution in [2.24, 2.45) is 17.6 Å². The van der Waals surface area contributed by atoms with Crippen molar-refractivity contribution in [3.05, 3.63) is 10.6 Å². The molecule has 0 aromatic heterocycles. The fourth-order valence-corrected chi connectivity index (χ4v) is 7.09. The lowest BCUT2D eigenvalue weighted by Crippen LogP contribution is -2.68. The molecule has 4 heterocycles. The van der Waals surface area contributed by atoms with Crippen LogP contribution < -0.4 is 21.7 Å². The number of carbonyl (C=O) groups is 4. The van der Waals surface area contributed by atoms with E-state index in [-0.39, 0.29) is 58.8 Å². The Balaban J connectivity index is 1.42. The summed E-state index contributed by atoms with van der Waals surface area (Å²) in [6.45, 7) is 7.44. The number of rotatable bonds is 8. The Morgan fingerprint density at radius 2 is 2.03 bits per heavy atom. The van der Waals surface area contributed by atoms with E-state index in [1.165, 1.54) is 16.7 Å². The van der Waals surface area contributed by atoms with Gasteiger partial charge in [0.05, 0.1) is 24.5 Å². The van der Waals surface area contributed by atoms with Gasteiger partial charge in [0.25, 0.3) is 0 Å². The summed E-state index contributed by atoms with van der Waals surface area (Å²) in [7, 11) is 1.67. The molecule has 188 valence electrons. The zero-order valence-electron chi connectivity index (χ0n) is 20.0. The molecule has 3 saturated heterocycles. The van der Waals surface area contributed by atoms with Crippen LogP contribution >= 0.6 is 11.8 Å². The lowest BCUT2D eigenvalue weighted by Gasteiger charge is -2.47. The molecule has 11 nitrogen and oxygen atoms in total. The maximum absolute atomic E-state index is 13.0. The maximum atomic E-state index is 13.0. The molecule has 1 unspecified atom stereocenters. The molecular formula is C22H34N6O5S. The van der Waals surface area contributed by atoms with Gasteiger partial charge in [-0.25, -0.2) is 4.79 Å². The second kappa shape index (κ2) is 9.14. The van der Waals surface area contributed by atoms with Crippen LogP contribution in [0.1, 0.15) is 27.2 Å². The minimum absolute atomic E-state index is 0.0197. The van der Waals surface area contributed by atoms with Gasteiger partial charge in [-0.05, 0) is 27.3 Å². The summed E-state index contributed by atoms with van der Waals surface area (Å²) < 4.78 is 0. The summed E-state index contributed by atoms with van der Waals surface area (Å²) in [4.78, 5) is 53.6. The molecule has 0 spiro atoms. The van der Waals surface area contributed by atoms with E-state index in [4.69, 9.17) is 5.73 Å². The second-order valence-electron chi connectivity index (χ2n) is 10.2. The van der Waals surface area contributed by atoms with Crippen LogP contribution in [0.5, 0.6) is 0 Å².